The first kappa shape index (κ1) is 13.8. The summed E-state index contributed by atoms with van der Waals surface area (Å²) in [5.74, 6) is 0. The Bertz CT molecular complexity index is 683. The van der Waals surface area contributed by atoms with Gasteiger partial charge in [-0.3, -0.25) is 4.68 Å². The number of nitrogens with one attached hydrogen (secondary N) is 1. The van der Waals surface area contributed by atoms with Gasteiger partial charge in [-0.1, -0.05) is 18.9 Å². The highest BCUT2D eigenvalue weighted by atomic mass is 32.2. The number of thiophene rings is 1. The molecule has 0 spiro atoms. The third kappa shape index (κ3) is 2.41. The molecule has 1 fully saturated rings. The topological polar surface area (TPSA) is 64.0 Å². The highest BCUT2D eigenvalue weighted by molar-refractivity contribution is 7.89. The Morgan fingerprint density at radius 3 is 2.75 bits per heavy atom. The lowest BCUT2D eigenvalue weighted by Crippen LogP contribution is -2.18. The van der Waals surface area contributed by atoms with Crippen molar-refractivity contribution in [3.05, 3.63) is 23.7 Å². The van der Waals surface area contributed by atoms with Crippen molar-refractivity contribution in [1.29, 1.82) is 0 Å². The number of sulfonamides is 1. The summed E-state index contributed by atoms with van der Waals surface area (Å²) >= 11 is 1.50. The minimum absolute atomic E-state index is 0.273. The van der Waals surface area contributed by atoms with Gasteiger partial charge in [0.25, 0.3) is 0 Å². The van der Waals surface area contributed by atoms with Crippen LogP contribution in [0.3, 0.4) is 0 Å². The third-order valence-electron chi connectivity index (χ3n) is 3.71. The zero-order chi connectivity index (χ0) is 14.2. The largest absolute Gasteiger partial charge is 0.268 e. The number of rotatable bonds is 4. The van der Waals surface area contributed by atoms with Crippen molar-refractivity contribution in [2.75, 3.05) is 7.05 Å². The standard InChI is InChI=1S/C13H17N3O2S2/c1-14-20(17,18)12-9-16(10-5-2-3-6-10)15-13(12)11-7-4-8-19-11/h4,7-10,14H,2-3,5-6H2,1H3. The third-order valence-corrected chi connectivity index (χ3v) is 6.00. The first-order valence-corrected chi connectivity index (χ1v) is 9.04. The molecule has 0 aromatic carbocycles. The highest BCUT2D eigenvalue weighted by Gasteiger charge is 2.26. The van der Waals surface area contributed by atoms with Crippen LogP contribution < -0.4 is 4.72 Å². The molecule has 0 unspecified atom stereocenters. The Kier molecular flexibility index (Phi) is 3.66. The molecule has 0 bridgehead atoms. The van der Waals surface area contributed by atoms with Gasteiger partial charge in [0, 0.05) is 6.20 Å². The molecule has 0 amide bonds. The fourth-order valence-electron chi connectivity index (χ4n) is 2.62. The van der Waals surface area contributed by atoms with Gasteiger partial charge in [-0.15, -0.1) is 11.3 Å². The fourth-order valence-corrected chi connectivity index (χ4v) is 4.28. The Hall–Kier alpha value is -1.18. The first-order valence-electron chi connectivity index (χ1n) is 6.68. The zero-order valence-electron chi connectivity index (χ0n) is 11.2. The molecule has 3 rings (SSSR count). The van der Waals surface area contributed by atoms with Crippen LogP contribution in [0.2, 0.25) is 0 Å². The van der Waals surface area contributed by atoms with Crippen LogP contribution in [-0.2, 0) is 10.0 Å². The van der Waals surface area contributed by atoms with E-state index >= 15 is 0 Å². The maximum atomic E-state index is 12.2. The highest BCUT2D eigenvalue weighted by Crippen LogP contribution is 2.34. The Balaban J connectivity index is 2.11. The SMILES string of the molecule is CNS(=O)(=O)c1cn(C2CCCC2)nc1-c1cccs1. The molecule has 7 heteroatoms. The summed E-state index contributed by atoms with van der Waals surface area (Å²) in [6.45, 7) is 0. The molecule has 2 aromatic heterocycles. The van der Waals surface area contributed by atoms with E-state index in [1.54, 1.807) is 6.20 Å². The lowest BCUT2D eigenvalue weighted by molar-refractivity contribution is 0.467. The summed E-state index contributed by atoms with van der Waals surface area (Å²) in [7, 11) is -2.06. The fraction of sp³-hybridized carbons (Fsp3) is 0.462. The Morgan fingerprint density at radius 2 is 2.15 bits per heavy atom. The van der Waals surface area contributed by atoms with Gasteiger partial charge in [0.15, 0.2) is 0 Å². The Labute approximate surface area is 122 Å². The van der Waals surface area contributed by atoms with E-state index in [0.717, 1.165) is 17.7 Å². The lowest BCUT2D eigenvalue weighted by atomic mass is 10.3. The van der Waals surface area contributed by atoms with E-state index < -0.39 is 10.0 Å². The molecule has 0 saturated heterocycles. The molecule has 1 aliphatic rings. The minimum Gasteiger partial charge on any atom is -0.268 e. The van der Waals surface area contributed by atoms with Crippen LogP contribution in [0.15, 0.2) is 28.6 Å². The van der Waals surface area contributed by atoms with Gasteiger partial charge in [-0.25, -0.2) is 13.1 Å². The van der Waals surface area contributed by atoms with Crippen molar-refractivity contribution in [2.24, 2.45) is 0 Å². The quantitative estimate of drug-likeness (QED) is 0.944. The predicted octanol–water partition coefficient (Wildman–Crippen LogP) is 2.63. The minimum atomic E-state index is -3.49. The average molecular weight is 311 g/mol. The second kappa shape index (κ2) is 5.31. The predicted molar refractivity (Wildman–Crippen MR) is 79.3 cm³/mol. The van der Waals surface area contributed by atoms with Crippen LogP contribution in [0.5, 0.6) is 0 Å². The molecule has 1 aliphatic carbocycles. The van der Waals surface area contributed by atoms with Crippen LogP contribution in [0.1, 0.15) is 31.7 Å². The number of nitrogens with zero attached hydrogens (tertiary/aromatic N) is 2. The number of hydrogen-bond acceptors (Lipinski definition) is 4. The van der Waals surface area contributed by atoms with Crippen molar-refractivity contribution in [2.45, 2.75) is 36.6 Å². The van der Waals surface area contributed by atoms with Gasteiger partial charge < -0.3 is 0 Å². The van der Waals surface area contributed by atoms with Crippen molar-refractivity contribution in [1.82, 2.24) is 14.5 Å². The van der Waals surface area contributed by atoms with Crippen LogP contribution in [0.4, 0.5) is 0 Å². The van der Waals surface area contributed by atoms with Crippen molar-refractivity contribution < 1.29 is 8.42 Å². The maximum Gasteiger partial charge on any atom is 0.244 e. The monoisotopic (exact) mass is 311 g/mol. The van der Waals surface area contributed by atoms with Crippen molar-refractivity contribution >= 4 is 21.4 Å². The van der Waals surface area contributed by atoms with E-state index in [9.17, 15) is 8.42 Å². The first-order chi connectivity index (χ1) is 9.62. The van der Waals surface area contributed by atoms with E-state index in [2.05, 4.69) is 9.82 Å². The van der Waals surface area contributed by atoms with Crippen molar-refractivity contribution in [3.63, 3.8) is 0 Å². The summed E-state index contributed by atoms with van der Waals surface area (Å²) < 4.78 is 28.6. The van der Waals surface area contributed by atoms with E-state index in [1.165, 1.54) is 31.2 Å². The summed E-state index contributed by atoms with van der Waals surface area (Å²) in [5, 5.41) is 6.49. The van der Waals surface area contributed by atoms with E-state index in [-0.39, 0.29) is 4.90 Å². The van der Waals surface area contributed by atoms with Gasteiger partial charge in [0.2, 0.25) is 10.0 Å². The van der Waals surface area contributed by atoms with Crippen LogP contribution in [0.25, 0.3) is 10.6 Å². The number of aromatic nitrogens is 2. The van der Waals surface area contributed by atoms with Crippen molar-refractivity contribution in [3.8, 4) is 10.6 Å². The van der Waals surface area contributed by atoms with E-state index in [1.807, 2.05) is 22.2 Å². The second-order valence-electron chi connectivity index (χ2n) is 4.95. The summed E-state index contributed by atoms with van der Waals surface area (Å²) in [6.07, 6.45) is 6.20. The molecular weight excluding hydrogens is 294 g/mol. The van der Waals surface area contributed by atoms with Gasteiger partial charge >= 0.3 is 0 Å². The van der Waals surface area contributed by atoms with E-state index in [0.29, 0.717) is 11.7 Å². The second-order valence-corrected chi connectivity index (χ2v) is 7.75. The van der Waals surface area contributed by atoms with Gasteiger partial charge in [0.05, 0.1) is 10.9 Å². The smallest absolute Gasteiger partial charge is 0.244 e. The van der Waals surface area contributed by atoms with Gasteiger partial charge in [0.1, 0.15) is 10.6 Å². The zero-order valence-corrected chi connectivity index (χ0v) is 12.9. The summed E-state index contributed by atoms with van der Waals surface area (Å²) in [4.78, 5) is 1.16. The molecule has 1 N–H and O–H groups in total. The molecule has 108 valence electrons. The van der Waals surface area contributed by atoms with Crippen LogP contribution in [-0.4, -0.2) is 25.2 Å². The molecule has 1 saturated carbocycles. The van der Waals surface area contributed by atoms with Crippen LogP contribution in [0, 0.1) is 0 Å². The summed E-state index contributed by atoms with van der Waals surface area (Å²) in [5.41, 5.74) is 0.557. The van der Waals surface area contributed by atoms with Gasteiger partial charge in [-0.2, -0.15) is 5.10 Å². The maximum absolute atomic E-state index is 12.2. The normalized spacial score (nSPS) is 16.9. The molecule has 2 aromatic rings. The lowest BCUT2D eigenvalue weighted by Gasteiger charge is -2.08. The molecule has 5 nitrogen and oxygen atoms in total. The molecule has 2 heterocycles. The average Bonchev–Trinajstić information content (AvgIpc) is 3.17. The van der Waals surface area contributed by atoms with Gasteiger partial charge in [-0.05, 0) is 31.3 Å². The molecule has 0 radical (unpaired) electrons. The number of hydrogen-bond donors (Lipinski definition) is 1. The Morgan fingerprint density at radius 1 is 1.40 bits per heavy atom. The molecule has 0 aliphatic heterocycles. The molecule has 20 heavy (non-hydrogen) atoms. The molecular formula is C13H17N3O2S2. The molecule has 0 atom stereocenters. The van der Waals surface area contributed by atoms with E-state index in [4.69, 9.17) is 0 Å². The van der Waals surface area contributed by atoms with Crippen LogP contribution >= 0.6 is 11.3 Å². The summed E-state index contributed by atoms with van der Waals surface area (Å²) in [6, 6.07) is 4.14.